The number of likely N-dealkylation sites (N-methyl/N-ethyl adjacent to an activating group) is 1. The molecule has 1 aromatic heterocycles. The van der Waals surface area contributed by atoms with Crippen molar-refractivity contribution < 1.29 is 8.84 Å². The molecule has 1 unspecified atom stereocenters. The molecule has 0 N–H and O–H groups in total. The van der Waals surface area contributed by atoms with Gasteiger partial charge in [-0.15, -0.1) is 0 Å². The Morgan fingerprint density at radius 2 is 2.09 bits per heavy atom. The maximum atomic E-state index is 6.20. The summed E-state index contributed by atoms with van der Waals surface area (Å²) in [5.41, 5.74) is 0. The smallest absolute Gasteiger partial charge is 0.213 e. The van der Waals surface area contributed by atoms with E-state index >= 15 is 0 Å². The minimum absolute atomic E-state index is 0.275. The Labute approximate surface area is 149 Å². The van der Waals surface area contributed by atoms with Crippen LogP contribution in [0.5, 0.6) is 0 Å². The predicted molar refractivity (Wildman–Crippen MR) is 101 cm³/mol. The summed E-state index contributed by atoms with van der Waals surface area (Å²) in [6, 6.07) is 0.975. The number of aromatic nitrogens is 1. The summed E-state index contributed by atoms with van der Waals surface area (Å²) in [7, 11) is 0.507. The highest BCUT2D eigenvalue weighted by Gasteiger charge is 2.47. The highest BCUT2D eigenvalue weighted by Crippen LogP contribution is 2.41. The molecule has 1 aliphatic heterocycles. The minimum Gasteiger partial charge on any atom is -0.444 e. The highest BCUT2D eigenvalue weighted by molar-refractivity contribution is 14.1. The molecule has 126 valence electrons. The van der Waals surface area contributed by atoms with Gasteiger partial charge < -0.3 is 8.84 Å². The van der Waals surface area contributed by atoms with E-state index in [1.165, 1.54) is 0 Å². The molecule has 0 radical (unpaired) electrons. The second-order valence-electron chi connectivity index (χ2n) is 7.71. The second-order valence-corrected chi connectivity index (χ2v) is 13.4. The van der Waals surface area contributed by atoms with Crippen molar-refractivity contribution in [1.29, 1.82) is 0 Å². The molecule has 0 amide bonds. The fourth-order valence-electron chi connectivity index (χ4n) is 2.30. The van der Waals surface area contributed by atoms with Gasteiger partial charge in [0.05, 0.1) is 6.20 Å². The van der Waals surface area contributed by atoms with E-state index < -0.39 is 8.32 Å². The van der Waals surface area contributed by atoms with Crippen LogP contribution in [0.25, 0.3) is 0 Å². The lowest BCUT2D eigenvalue weighted by atomic mass is 10.2. The molecule has 2 heterocycles. The molecule has 1 aliphatic rings. The zero-order chi connectivity index (χ0) is 16.5. The third-order valence-corrected chi connectivity index (χ3v) is 10.5. The zero-order valence-corrected chi connectivity index (χ0v) is 17.8. The molecule has 1 saturated heterocycles. The average molecular weight is 436 g/mol. The van der Waals surface area contributed by atoms with Crippen LogP contribution in [0.3, 0.4) is 0 Å². The lowest BCUT2D eigenvalue weighted by molar-refractivity contribution is 0.278. The van der Waals surface area contributed by atoms with Crippen LogP contribution in [-0.4, -0.2) is 42.3 Å². The summed E-state index contributed by atoms with van der Waals surface area (Å²) in [6.45, 7) is 12.2. The fraction of sp³-hybridized carbons (Fsp3) is 0.812. The Morgan fingerprint density at radius 3 is 2.64 bits per heavy atom. The lowest BCUT2D eigenvalue weighted by Crippen LogP contribution is -2.41. The van der Waals surface area contributed by atoms with Crippen molar-refractivity contribution in [2.45, 2.75) is 63.8 Å². The topological polar surface area (TPSA) is 38.3 Å². The quantitative estimate of drug-likeness (QED) is 0.209. The van der Waals surface area contributed by atoms with E-state index in [1.807, 2.05) is 6.20 Å². The number of rotatable bonds is 7. The zero-order valence-electron chi connectivity index (χ0n) is 14.6. The Bertz CT molecular complexity index is 499. The summed E-state index contributed by atoms with van der Waals surface area (Å²) >= 11 is 2.42. The van der Waals surface area contributed by atoms with Gasteiger partial charge in [-0.1, -0.05) is 43.4 Å². The summed E-state index contributed by atoms with van der Waals surface area (Å²) in [4.78, 5) is 6.76. The van der Waals surface area contributed by atoms with Crippen molar-refractivity contribution in [3.8, 4) is 0 Å². The number of alkyl halides is 1. The van der Waals surface area contributed by atoms with Crippen LogP contribution in [0, 0.1) is 0 Å². The van der Waals surface area contributed by atoms with E-state index in [9.17, 15) is 0 Å². The first kappa shape index (κ1) is 18.4. The third-order valence-electron chi connectivity index (χ3n) is 5.06. The van der Waals surface area contributed by atoms with Crippen molar-refractivity contribution in [1.82, 2.24) is 9.88 Å². The maximum Gasteiger partial charge on any atom is 0.213 e. The molecule has 6 heteroatoms. The Balaban J connectivity index is 1.76. The molecular formula is C16H29IN2O2Si. The third kappa shape index (κ3) is 4.13. The Morgan fingerprint density at radius 1 is 1.41 bits per heavy atom. The SMILES string of the molecule is CN1[C@H](c2ncc(CCCO[Si](C)(C)C(C)(C)C)o2)[C@@H]1CI. The molecule has 0 saturated carbocycles. The molecule has 2 rings (SSSR count). The van der Waals surface area contributed by atoms with Crippen molar-refractivity contribution in [2.24, 2.45) is 0 Å². The van der Waals surface area contributed by atoms with E-state index in [1.54, 1.807) is 0 Å². The first-order chi connectivity index (χ1) is 10.2. The monoisotopic (exact) mass is 436 g/mol. The molecule has 0 bridgehead atoms. The van der Waals surface area contributed by atoms with Gasteiger partial charge in [-0.05, 0) is 31.6 Å². The van der Waals surface area contributed by atoms with Gasteiger partial charge in [-0.2, -0.15) is 0 Å². The van der Waals surface area contributed by atoms with Gasteiger partial charge in [0, 0.05) is 23.5 Å². The van der Waals surface area contributed by atoms with E-state index in [-0.39, 0.29) is 5.04 Å². The van der Waals surface area contributed by atoms with Crippen LogP contribution >= 0.6 is 22.6 Å². The van der Waals surface area contributed by atoms with Gasteiger partial charge in [-0.25, -0.2) is 4.98 Å². The summed E-state index contributed by atoms with van der Waals surface area (Å²) in [5.74, 6) is 1.87. The molecule has 22 heavy (non-hydrogen) atoms. The van der Waals surface area contributed by atoms with Crippen molar-refractivity contribution in [3.05, 3.63) is 17.8 Å². The Kier molecular flexibility index (Phi) is 5.78. The molecule has 4 nitrogen and oxygen atoms in total. The number of nitrogens with zero attached hydrogens (tertiary/aromatic N) is 2. The number of hydrogen-bond donors (Lipinski definition) is 0. The van der Waals surface area contributed by atoms with E-state index in [0.717, 1.165) is 35.5 Å². The molecule has 1 fully saturated rings. The molecule has 1 aromatic rings. The predicted octanol–water partition coefficient (Wildman–Crippen LogP) is 4.42. The van der Waals surface area contributed by atoms with Crippen molar-refractivity contribution in [3.63, 3.8) is 0 Å². The van der Waals surface area contributed by atoms with Gasteiger partial charge in [0.15, 0.2) is 8.32 Å². The summed E-state index contributed by atoms with van der Waals surface area (Å²) in [5, 5.41) is 0.275. The maximum absolute atomic E-state index is 6.20. The van der Waals surface area contributed by atoms with Crippen LogP contribution in [0.2, 0.25) is 18.1 Å². The van der Waals surface area contributed by atoms with Gasteiger partial charge in [0.1, 0.15) is 11.8 Å². The number of aryl methyl sites for hydroxylation is 1. The number of oxazole rings is 1. The average Bonchev–Trinajstić information content (AvgIpc) is 2.85. The van der Waals surface area contributed by atoms with Gasteiger partial charge >= 0.3 is 0 Å². The van der Waals surface area contributed by atoms with Gasteiger partial charge in [-0.3, -0.25) is 4.90 Å². The molecule has 0 aliphatic carbocycles. The van der Waals surface area contributed by atoms with Gasteiger partial charge in [0.2, 0.25) is 5.89 Å². The largest absolute Gasteiger partial charge is 0.444 e. The van der Waals surface area contributed by atoms with Crippen molar-refractivity contribution >= 4 is 30.9 Å². The van der Waals surface area contributed by atoms with Crippen molar-refractivity contribution in [2.75, 3.05) is 18.1 Å². The number of hydrogen-bond acceptors (Lipinski definition) is 4. The van der Waals surface area contributed by atoms with E-state index in [0.29, 0.717) is 12.1 Å². The molecule has 0 aromatic carbocycles. The molecular weight excluding hydrogens is 407 g/mol. The summed E-state index contributed by atoms with van der Waals surface area (Å²) < 4.78 is 13.2. The van der Waals surface area contributed by atoms with Crippen LogP contribution < -0.4 is 0 Å². The number of halogens is 1. The van der Waals surface area contributed by atoms with Gasteiger partial charge in [0.25, 0.3) is 0 Å². The van der Waals surface area contributed by atoms with Crippen LogP contribution in [-0.2, 0) is 10.8 Å². The van der Waals surface area contributed by atoms with Crippen LogP contribution in [0.1, 0.15) is 44.9 Å². The van der Waals surface area contributed by atoms with Crippen LogP contribution in [0.4, 0.5) is 0 Å². The Hall–Kier alpha value is 0.0769. The fourth-order valence-corrected chi connectivity index (χ4v) is 4.49. The first-order valence-corrected chi connectivity index (χ1v) is 12.5. The first-order valence-electron chi connectivity index (χ1n) is 8.04. The standard InChI is InChI=1S/C16H29IN2O2Si/c1-16(2,3)22(5,6)20-9-7-8-12-11-18-15(21-12)14-13(10-17)19(14)4/h11,13-14H,7-10H2,1-6H3/t13-,14-,19?/m0/s1. The minimum atomic E-state index is -1.62. The molecule has 3 atom stereocenters. The molecule has 0 spiro atoms. The van der Waals surface area contributed by atoms with Crippen LogP contribution in [0.15, 0.2) is 10.6 Å². The highest BCUT2D eigenvalue weighted by atomic mass is 127. The summed E-state index contributed by atoms with van der Waals surface area (Å²) in [6.07, 6.45) is 3.79. The van der Waals surface area contributed by atoms with E-state index in [2.05, 4.69) is 73.4 Å². The second kappa shape index (κ2) is 6.90. The normalized spacial score (nSPS) is 25.5. The van der Waals surface area contributed by atoms with E-state index in [4.69, 9.17) is 8.84 Å². The lowest BCUT2D eigenvalue weighted by Gasteiger charge is -2.36.